The monoisotopic (exact) mass is 338 g/mol. The van der Waals surface area contributed by atoms with Crippen molar-refractivity contribution >= 4 is 21.6 Å². The Morgan fingerprint density at radius 3 is 2.87 bits per heavy atom. The van der Waals surface area contributed by atoms with E-state index in [1.54, 1.807) is 24.3 Å². The molecule has 126 valence electrons. The van der Waals surface area contributed by atoms with E-state index in [4.69, 9.17) is 4.74 Å². The number of hydrogen-bond donors (Lipinski definition) is 1. The van der Waals surface area contributed by atoms with Crippen LogP contribution in [0.25, 0.3) is 0 Å². The van der Waals surface area contributed by atoms with Crippen LogP contribution < -0.4 is 9.62 Å². The molecule has 0 aromatic heterocycles. The number of sulfonamides is 1. The second-order valence-corrected chi connectivity index (χ2v) is 8.12. The summed E-state index contributed by atoms with van der Waals surface area (Å²) in [4.78, 5) is 12.4. The van der Waals surface area contributed by atoms with E-state index in [1.165, 1.54) is 4.31 Å². The zero-order valence-corrected chi connectivity index (χ0v) is 14.0. The molecule has 0 aliphatic carbocycles. The molecule has 2 aliphatic rings. The van der Waals surface area contributed by atoms with Crippen LogP contribution in [0, 0.1) is 0 Å². The highest BCUT2D eigenvalue weighted by Gasteiger charge is 2.29. The first-order valence-electron chi connectivity index (χ1n) is 8.00. The molecule has 2 fully saturated rings. The van der Waals surface area contributed by atoms with Crippen LogP contribution in [0.1, 0.15) is 36.5 Å². The van der Waals surface area contributed by atoms with Gasteiger partial charge in [0.2, 0.25) is 10.0 Å². The second-order valence-electron chi connectivity index (χ2n) is 6.11. The molecule has 1 aromatic carbocycles. The van der Waals surface area contributed by atoms with Crippen LogP contribution >= 0.6 is 0 Å². The number of hydrogen-bond acceptors (Lipinski definition) is 4. The third-order valence-corrected chi connectivity index (χ3v) is 6.25. The number of anilines is 1. The van der Waals surface area contributed by atoms with Crippen LogP contribution in [-0.2, 0) is 14.8 Å². The summed E-state index contributed by atoms with van der Waals surface area (Å²) < 4.78 is 31.0. The number of ether oxygens (including phenoxy) is 1. The Labute approximate surface area is 136 Å². The van der Waals surface area contributed by atoms with Gasteiger partial charge in [-0.05, 0) is 44.4 Å². The summed E-state index contributed by atoms with van der Waals surface area (Å²) in [5, 5.41) is 2.94. The average molecular weight is 338 g/mol. The third kappa shape index (κ3) is 3.50. The lowest BCUT2D eigenvalue weighted by Crippen LogP contribution is -2.40. The third-order valence-electron chi connectivity index (χ3n) is 4.38. The molecule has 2 aliphatic heterocycles. The second kappa shape index (κ2) is 6.49. The maximum Gasteiger partial charge on any atom is 0.251 e. The van der Waals surface area contributed by atoms with Crippen LogP contribution in [0.3, 0.4) is 0 Å². The van der Waals surface area contributed by atoms with Crippen LogP contribution in [0.2, 0.25) is 0 Å². The molecule has 0 bridgehead atoms. The van der Waals surface area contributed by atoms with Crippen LogP contribution in [0.15, 0.2) is 24.3 Å². The summed E-state index contributed by atoms with van der Waals surface area (Å²) in [5.74, 6) is -0.0362. The maximum absolute atomic E-state index is 12.4. The van der Waals surface area contributed by atoms with Gasteiger partial charge in [-0.2, -0.15) is 0 Å². The van der Waals surface area contributed by atoms with E-state index >= 15 is 0 Å². The first-order valence-corrected chi connectivity index (χ1v) is 9.61. The lowest BCUT2D eigenvalue weighted by atomic mass is 10.1. The van der Waals surface area contributed by atoms with Gasteiger partial charge in [-0.3, -0.25) is 9.10 Å². The SMILES string of the molecule is C[C@H](NC(=O)c1cccc(N2CCCS2(=O)=O)c1)[C@@H]1CCCO1. The first-order chi connectivity index (χ1) is 11.0. The molecule has 23 heavy (non-hydrogen) atoms. The number of nitrogens with one attached hydrogen (secondary N) is 1. The van der Waals surface area contributed by atoms with E-state index in [-0.39, 0.29) is 23.8 Å². The minimum Gasteiger partial charge on any atom is -0.376 e. The molecule has 3 rings (SSSR count). The lowest BCUT2D eigenvalue weighted by molar-refractivity contribution is 0.0712. The van der Waals surface area contributed by atoms with Gasteiger partial charge in [-0.1, -0.05) is 6.07 Å². The van der Waals surface area contributed by atoms with Gasteiger partial charge in [-0.25, -0.2) is 8.42 Å². The van der Waals surface area contributed by atoms with Crippen molar-refractivity contribution in [3.63, 3.8) is 0 Å². The fraction of sp³-hybridized carbons (Fsp3) is 0.562. The van der Waals surface area contributed by atoms with Gasteiger partial charge in [0, 0.05) is 18.7 Å². The molecule has 0 saturated carbocycles. The number of carbonyl (C=O) groups is 1. The number of nitrogens with zero attached hydrogens (tertiary/aromatic N) is 1. The van der Waals surface area contributed by atoms with Crippen LogP contribution in [0.5, 0.6) is 0 Å². The normalized spacial score (nSPS) is 24.6. The van der Waals surface area contributed by atoms with Gasteiger partial charge in [0.1, 0.15) is 0 Å². The Bertz CT molecular complexity index is 683. The van der Waals surface area contributed by atoms with Crippen molar-refractivity contribution in [3.05, 3.63) is 29.8 Å². The Balaban J connectivity index is 1.73. The molecule has 1 N–H and O–H groups in total. The fourth-order valence-electron chi connectivity index (χ4n) is 3.11. The van der Waals surface area contributed by atoms with Crippen LogP contribution in [0.4, 0.5) is 5.69 Å². The van der Waals surface area contributed by atoms with Crippen molar-refractivity contribution in [1.82, 2.24) is 5.32 Å². The largest absolute Gasteiger partial charge is 0.376 e. The Kier molecular flexibility index (Phi) is 4.59. The fourth-order valence-corrected chi connectivity index (χ4v) is 4.67. The molecule has 2 heterocycles. The van der Waals surface area contributed by atoms with E-state index in [9.17, 15) is 13.2 Å². The maximum atomic E-state index is 12.4. The number of carbonyl (C=O) groups excluding carboxylic acids is 1. The Morgan fingerprint density at radius 2 is 2.22 bits per heavy atom. The predicted molar refractivity (Wildman–Crippen MR) is 88.1 cm³/mol. The molecule has 0 radical (unpaired) electrons. The van der Waals surface area contributed by atoms with E-state index in [2.05, 4.69) is 5.32 Å². The van der Waals surface area contributed by atoms with Crippen molar-refractivity contribution in [2.24, 2.45) is 0 Å². The molecule has 7 heteroatoms. The molecule has 0 unspecified atom stereocenters. The van der Waals surface area contributed by atoms with Gasteiger partial charge < -0.3 is 10.1 Å². The van der Waals surface area contributed by atoms with Gasteiger partial charge >= 0.3 is 0 Å². The molecule has 2 atom stereocenters. The summed E-state index contributed by atoms with van der Waals surface area (Å²) in [6.07, 6.45) is 2.65. The van der Waals surface area contributed by atoms with E-state index in [0.717, 1.165) is 19.4 Å². The zero-order valence-electron chi connectivity index (χ0n) is 13.2. The molecule has 0 spiro atoms. The molecule has 2 saturated heterocycles. The topological polar surface area (TPSA) is 75.7 Å². The highest BCUT2D eigenvalue weighted by atomic mass is 32.2. The molecular weight excluding hydrogens is 316 g/mol. The molecular formula is C16H22N2O4S. The first kappa shape index (κ1) is 16.3. The van der Waals surface area contributed by atoms with Crippen molar-refractivity contribution in [2.45, 2.75) is 38.3 Å². The van der Waals surface area contributed by atoms with Gasteiger partial charge in [0.05, 0.1) is 23.6 Å². The smallest absolute Gasteiger partial charge is 0.251 e. The summed E-state index contributed by atoms with van der Waals surface area (Å²) in [5.41, 5.74) is 1.02. The lowest BCUT2D eigenvalue weighted by Gasteiger charge is -2.21. The Morgan fingerprint density at radius 1 is 1.39 bits per heavy atom. The number of rotatable bonds is 4. The Hall–Kier alpha value is -1.60. The van der Waals surface area contributed by atoms with E-state index in [1.807, 2.05) is 6.92 Å². The predicted octanol–water partition coefficient (Wildman–Crippen LogP) is 1.52. The van der Waals surface area contributed by atoms with Crippen molar-refractivity contribution in [1.29, 1.82) is 0 Å². The quantitative estimate of drug-likeness (QED) is 0.903. The van der Waals surface area contributed by atoms with Crippen LogP contribution in [-0.4, -0.2) is 45.4 Å². The van der Waals surface area contributed by atoms with Crippen molar-refractivity contribution < 1.29 is 17.9 Å². The van der Waals surface area contributed by atoms with E-state index < -0.39 is 10.0 Å². The molecule has 1 aromatic rings. The highest BCUT2D eigenvalue weighted by molar-refractivity contribution is 7.93. The summed E-state index contributed by atoms with van der Waals surface area (Å²) in [7, 11) is -3.24. The number of amides is 1. The van der Waals surface area contributed by atoms with Gasteiger partial charge in [-0.15, -0.1) is 0 Å². The van der Waals surface area contributed by atoms with Gasteiger partial charge in [0.25, 0.3) is 5.91 Å². The van der Waals surface area contributed by atoms with Gasteiger partial charge in [0.15, 0.2) is 0 Å². The standard InChI is InChI=1S/C16H22N2O4S/c1-12(15-7-3-9-22-15)17-16(19)13-5-2-6-14(11-13)18-8-4-10-23(18,20)21/h2,5-6,11-12,15H,3-4,7-10H2,1H3,(H,17,19)/t12-,15-/m0/s1. The molecule has 6 nitrogen and oxygen atoms in total. The average Bonchev–Trinajstić information content (AvgIpc) is 3.16. The zero-order chi connectivity index (χ0) is 16.4. The van der Waals surface area contributed by atoms with Crippen molar-refractivity contribution in [3.8, 4) is 0 Å². The summed E-state index contributed by atoms with van der Waals surface area (Å²) >= 11 is 0. The minimum absolute atomic E-state index is 0.0566. The van der Waals surface area contributed by atoms with Crippen molar-refractivity contribution in [2.75, 3.05) is 23.2 Å². The van der Waals surface area contributed by atoms with E-state index in [0.29, 0.717) is 24.2 Å². The summed E-state index contributed by atoms with van der Waals surface area (Å²) in [6.45, 7) is 3.15. The summed E-state index contributed by atoms with van der Waals surface area (Å²) in [6, 6.07) is 6.71. The minimum atomic E-state index is -3.24. The highest BCUT2D eigenvalue weighted by Crippen LogP contribution is 2.25. The molecule has 1 amide bonds. The number of benzene rings is 1.